The van der Waals surface area contributed by atoms with Gasteiger partial charge < -0.3 is 21.1 Å². The summed E-state index contributed by atoms with van der Waals surface area (Å²) < 4.78 is 0. The number of ketones is 1. The number of Topliss-reactive ketones (excluding diaryl/α,β-unsaturated/α-hetero) is 1. The van der Waals surface area contributed by atoms with E-state index in [-0.39, 0.29) is 17.0 Å². The van der Waals surface area contributed by atoms with Crippen molar-refractivity contribution in [3.05, 3.63) is 23.8 Å². The number of aromatic hydroxyl groups is 1. The fourth-order valence-corrected chi connectivity index (χ4v) is 1.17. The number of phenols is 1. The maximum atomic E-state index is 11.5. The molecule has 1 aromatic rings. The first-order valence-corrected chi connectivity index (χ1v) is 4.45. The average molecular weight is 225 g/mol. The first kappa shape index (κ1) is 12.0. The zero-order valence-electron chi connectivity index (χ0n) is 8.25. The lowest BCUT2D eigenvalue weighted by Gasteiger charge is -2.07. The van der Waals surface area contributed by atoms with E-state index in [1.165, 1.54) is 18.2 Å². The van der Waals surface area contributed by atoms with E-state index < -0.39 is 24.3 Å². The Bertz CT molecular complexity index is 429. The van der Waals surface area contributed by atoms with E-state index in [0.717, 1.165) is 0 Å². The van der Waals surface area contributed by atoms with Crippen molar-refractivity contribution >= 4 is 17.4 Å². The van der Waals surface area contributed by atoms with Crippen molar-refractivity contribution in [1.82, 2.24) is 0 Å². The van der Waals surface area contributed by atoms with E-state index in [2.05, 4.69) is 0 Å². The van der Waals surface area contributed by atoms with Gasteiger partial charge in [0.15, 0.2) is 11.9 Å². The number of carboxylic acids is 1. The van der Waals surface area contributed by atoms with Crippen LogP contribution < -0.4 is 5.73 Å². The summed E-state index contributed by atoms with van der Waals surface area (Å²) in [5.41, 5.74) is 5.32. The zero-order valence-corrected chi connectivity index (χ0v) is 8.25. The normalized spacial score (nSPS) is 12.1. The lowest BCUT2D eigenvalue weighted by atomic mass is 10.0. The van der Waals surface area contributed by atoms with Gasteiger partial charge in [0.1, 0.15) is 5.75 Å². The summed E-state index contributed by atoms with van der Waals surface area (Å²) in [5, 5.41) is 26.6. The van der Waals surface area contributed by atoms with Crippen molar-refractivity contribution in [2.45, 2.75) is 12.5 Å². The number of carboxylic acid groups (broad SMARTS) is 1. The molecular weight excluding hydrogens is 214 g/mol. The van der Waals surface area contributed by atoms with E-state index in [4.69, 9.17) is 15.9 Å². The van der Waals surface area contributed by atoms with E-state index in [0.29, 0.717) is 0 Å². The zero-order chi connectivity index (χ0) is 12.3. The third kappa shape index (κ3) is 2.48. The molecule has 0 aliphatic heterocycles. The standard InChI is InChI=1S/C10H11NO5/c11-9-5(2-1-3-6(9)12)7(13)4-8(14)10(15)16/h1-3,8,12,14H,4,11H2,(H,15,16). The highest BCUT2D eigenvalue weighted by Gasteiger charge is 2.20. The monoisotopic (exact) mass is 225 g/mol. The molecule has 1 unspecified atom stereocenters. The number of anilines is 1. The summed E-state index contributed by atoms with van der Waals surface area (Å²) in [5.74, 6) is -2.37. The molecule has 6 nitrogen and oxygen atoms in total. The number of hydrogen-bond acceptors (Lipinski definition) is 5. The summed E-state index contributed by atoms with van der Waals surface area (Å²) in [6.45, 7) is 0. The number of aliphatic carboxylic acids is 1. The van der Waals surface area contributed by atoms with Gasteiger partial charge in [-0.25, -0.2) is 4.79 Å². The number of carbonyl (C=O) groups excluding carboxylic acids is 1. The molecule has 6 heteroatoms. The number of benzene rings is 1. The van der Waals surface area contributed by atoms with Crippen LogP contribution >= 0.6 is 0 Å². The first-order valence-electron chi connectivity index (χ1n) is 4.45. The molecule has 0 aliphatic rings. The Kier molecular flexibility index (Phi) is 3.47. The molecular formula is C10H11NO5. The van der Waals surface area contributed by atoms with Crippen LogP contribution in [-0.2, 0) is 4.79 Å². The minimum atomic E-state index is -1.77. The van der Waals surface area contributed by atoms with Gasteiger partial charge >= 0.3 is 5.97 Å². The lowest BCUT2D eigenvalue weighted by molar-refractivity contribution is -0.146. The topological polar surface area (TPSA) is 121 Å². The van der Waals surface area contributed by atoms with Gasteiger partial charge in [0, 0.05) is 12.0 Å². The van der Waals surface area contributed by atoms with E-state index in [9.17, 15) is 14.7 Å². The molecule has 1 rings (SSSR count). The van der Waals surface area contributed by atoms with Gasteiger partial charge in [-0.2, -0.15) is 0 Å². The van der Waals surface area contributed by atoms with Crippen LogP contribution in [0.4, 0.5) is 5.69 Å². The molecule has 0 saturated heterocycles. The van der Waals surface area contributed by atoms with Gasteiger partial charge in [-0.1, -0.05) is 6.07 Å². The molecule has 86 valence electrons. The molecule has 0 aromatic heterocycles. The minimum absolute atomic E-state index is 0.000278. The molecule has 5 N–H and O–H groups in total. The van der Waals surface area contributed by atoms with Gasteiger partial charge in [-0.05, 0) is 12.1 Å². The Balaban J connectivity index is 2.89. The second-order valence-corrected chi connectivity index (χ2v) is 3.22. The Hall–Kier alpha value is -2.08. The van der Waals surface area contributed by atoms with Crippen molar-refractivity contribution < 1.29 is 24.9 Å². The number of aliphatic hydroxyl groups is 1. The third-order valence-electron chi connectivity index (χ3n) is 2.05. The number of aliphatic hydroxyl groups excluding tert-OH is 1. The van der Waals surface area contributed by atoms with E-state index >= 15 is 0 Å². The van der Waals surface area contributed by atoms with Crippen LogP contribution in [0.15, 0.2) is 18.2 Å². The molecule has 0 saturated carbocycles. The Morgan fingerprint density at radius 1 is 1.38 bits per heavy atom. The maximum absolute atomic E-state index is 11.5. The summed E-state index contributed by atoms with van der Waals surface area (Å²) in [7, 11) is 0. The fourth-order valence-electron chi connectivity index (χ4n) is 1.17. The summed E-state index contributed by atoms with van der Waals surface area (Å²) in [6.07, 6.45) is -2.35. The number of carbonyl (C=O) groups is 2. The highest BCUT2D eigenvalue weighted by molar-refractivity contribution is 6.03. The van der Waals surface area contributed by atoms with E-state index in [1.807, 2.05) is 0 Å². The van der Waals surface area contributed by atoms with Gasteiger partial charge in [-0.3, -0.25) is 4.79 Å². The smallest absolute Gasteiger partial charge is 0.332 e. The number of para-hydroxylation sites is 1. The van der Waals surface area contributed by atoms with Gasteiger partial charge in [-0.15, -0.1) is 0 Å². The molecule has 0 aliphatic carbocycles. The van der Waals surface area contributed by atoms with Crippen molar-refractivity contribution in [3.8, 4) is 5.75 Å². The number of nitrogen functional groups attached to an aromatic ring is 1. The van der Waals surface area contributed by atoms with Crippen molar-refractivity contribution in [3.63, 3.8) is 0 Å². The summed E-state index contributed by atoms with van der Waals surface area (Å²) in [6, 6.07) is 4.07. The fraction of sp³-hybridized carbons (Fsp3) is 0.200. The first-order chi connectivity index (χ1) is 7.43. The molecule has 1 aromatic carbocycles. The Morgan fingerprint density at radius 2 is 2.00 bits per heavy atom. The van der Waals surface area contributed by atoms with Gasteiger partial charge in [0.25, 0.3) is 0 Å². The molecule has 0 amide bonds. The second-order valence-electron chi connectivity index (χ2n) is 3.22. The highest BCUT2D eigenvalue weighted by Crippen LogP contribution is 2.24. The van der Waals surface area contributed by atoms with Crippen molar-refractivity contribution in [1.29, 1.82) is 0 Å². The molecule has 1 atom stereocenters. The van der Waals surface area contributed by atoms with Crippen molar-refractivity contribution in [2.75, 3.05) is 5.73 Å². The largest absolute Gasteiger partial charge is 0.506 e. The van der Waals surface area contributed by atoms with Crippen LogP contribution in [0, 0.1) is 0 Å². The molecule has 0 spiro atoms. The van der Waals surface area contributed by atoms with Gasteiger partial charge in [0.05, 0.1) is 5.69 Å². The third-order valence-corrected chi connectivity index (χ3v) is 2.05. The summed E-state index contributed by atoms with van der Waals surface area (Å²) >= 11 is 0. The summed E-state index contributed by atoms with van der Waals surface area (Å²) in [4.78, 5) is 21.9. The van der Waals surface area contributed by atoms with Crippen LogP contribution in [0.3, 0.4) is 0 Å². The molecule has 16 heavy (non-hydrogen) atoms. The molecule has 0 radical (unpaired) electrons. The number of nitrogens with two attached hydrogens (primary N) is 1. The molecule has 0 bridgehead atoms. The molecule has 0 heterocycles. The number of phenolic OH excluding ortho intramolecular Hbond substituents is 1. The SMILES string of the molecule is Nc1c(O)cccc1C(=O)CC(O)C(=O)O. The number of hydrogen-bond donors (Lipinski definition) is 4. The predicted molar refractivity (Wildman–Crippen MR) is 55.1 cm³/mol. The Labute approximate surface area is 90.9 Å². The lowest BCUT2D eigenvalue weighted by Crippen LogP contribution is -2.23. The van der Waals surface area contributed by atoms with Gasteiger partial charge in [0.2, 0.25) is 0 Å². The van der Waals surface area contributed by atoms with Crippen molar-refractivity contribution in [2.24, 2.45) is 0 Å². The second kappa shape index (κ2) is 4.63. The van der Waals surface area contributed by atoms with Crippen LogP contribution in [-0.4, -0.2) is 33.2 Å². The van der Waals surface area contributed by atoms with Crippen LogP contribution in [0.25, 0.3) is 0 Å². The van der Waals surface area contributed by atoms with Crippen LogP contribution in [0.1, 0.15) is 16.8 Å². The van der Waals surface area contributed by atoms with Crippen LogP contribution in [0.2, 0.25) is 0 Å². The predicted octanol–water partition coefficient (Wildman–Crippen LogP) is -0.00730. The minimum Gasteiger partial charge on any atom is -0.506 e. The highest BCUT2D eigenvalue weighted by atomic mass is 16.4. The number of rotatable bonds is 4. The Morgan fingerprint density at radius 3 is 2.56 bits per heavy atom. The molecule has 0 fully saturated rings. The average Bonchev–Trinajstić information content (AvgIpc) is 2.21. The maximum Gasteiger partial charge on any atom is 0.332 e. The quantitative estimate of drug-likeness (QED) is 0.325. The van der Waals surface area contributed by atoms with Crippen LogP contribution in [0.5, 0.6) is 5.75 Å². The van der Waals surface area contributed by atoms with E-state index in [1.54, 1.807) is 0 Å².